The van der Waals surface area contributed by atoms with E-state index in [0.29, 0.717) is 0 Å². The van der Waals surface area contributed by atoms with Crippen molar-refractivity contribution in [1.29, 1.82) is 0 Å². The maximum absolute atomic E-state index is 10.8. The average molecular weight is 224 g/mol. The number of hydrogen-bond donors (Lipinski definition) is 1. The number of allylic oxidation sites excluding steroid dienone is 3. The third-order valence-electron chi connectivity index (χ3n) is 1.34. The fourth-order valence-corrected chi connectivity index (χ4v) is 1.24. The molecule has 0 aliphatic heterocycles. The Balaban J connectivity index is 0.00000169. The normalized spacial score (nSPS) is 15.6. The first kappa shape index (κ1) is 13.4. The molecular formula is C6H5N2NaO4S. The van der Waals surface area contributed by atoms with Crippen LogP contribution in [0.25, 0.3) is 5.53 Å². The molecule has 1 N–H and O–H groups in total. The summed E-state index contributed by atoms with van der Waals surface area (Å²) in [5.74, 6) is -0.630. The van der Waals surface area contributed by atoms with Crippen LogP contribution in [0.4, 0.5) is 0 Å². The van der Waals surface area contributed by atoms with Gasteiger partial charge in [0.2, 0.25) is 0 Å². The third kappa shape index (κ3) is 2.98. The fourth-order valence-electron chi connectivity index (χ4n) is 0.736. The second-order valence-corrected chi connectivity index (χ2v) is 3.63. The Morgan fingerprint density at radius 1 is 1.36 bits per heavy atom. The first-order chi connectivity index (χ1) is 5.95. The van der Waals surface area contributed by atoms with Crippen molar-refractivity contribution >= 4 is 51.2 Å². The zero-order valence-electron chi connectivity index (χ0n) is 6.21. The van der Waals surface area contributed by atoms with E-state index in [1.807, 2.05) is 0 Å². The number of nitrogens with zero attached hydrogens (tertiary/aromatic N) is 2. The van der Waals surface area contributed by atoms with E-state index in [4.69, 9.17) is 10.1 Å². The summed E-state index contributed by atoms with van der Waals surface area (Å²) < 4.78 is 29.6. The molecule has 0 aromatic carbocycles. The molecule has 0 fully saturated rings. The van der Waals surface area contributed by atoms with Crippen molar-refractivity contribution in [3.63, 3.8) is 0 Å². The Hall–Kier alpha value is -0.560. The van der Waals surface area contributed by atoms with Crippen molar-refractivity contribution in [2.45, 2.75) is 0 Å². The van der Waals surface area contributed by atoms with E-state index < -0.39 is 26.5 Å². The molecule has 0 unspecified atom stereocenters. The average Bonchev–Trinajstić information content (AvgIpc) is 2.03. The van der Waals surface area contributed by atoms with Gasteiger partial charge in [0, 0.05) is 0 Å². The van der Waals surface area contributed by atoms with Crippen LogP contribution in [0.2, 0.25) is 0 Å². The third-order valence-corrected chi connectivity index (χ3v) is 2.19. The van der Waals surface area contributed by atoms with Crippen LogP contribution in [-0.4, -0.2) is 58.8 Å². The predicted molar refractivity (Wildman–Crippen MR) is 49.6 cm³/mol. The van der Waals surface area contributed by atoms with Gasteiger partial charge in [0.1, 0.15) is 4.91 Å². The molecule has 0 heterocycles. The summed E-state index contributed by atoms with van der Waals surface area (Å²) in [6.07, 6.45) is 2.59. The number of rotatable bonds is 1. The van der Waals surface area contributed by atoms with E-state index >= 15 is 0 Å². The topological polar surface area (TPSA) is 108 Å². The van der Waals surface area contributed by atoms with Crippen LogP contribution in [0.1, 0.15) is 0 Å². The van der Waals surface area contributed by atoms with Gasteiger partial charge in [-0.25, -0.2) is 0 Å². The second-order valence-electron chi connectivity index (χ2n) is 2.20. The van der Waals surface area contributed by atoms with Gasteiger partial charge in [-0.3, -0.25) is 9.35 Å². The zero-order valence-corrected chi connectivity index (χ0v) is 7.02. The Kier molecular flexibility index (Phi) is 4.60. The summed E-state index contributed by atoms with van der Waals surface area (Å²) in [5.41, 5.74) is 7.82. The Morgan fingerprint density at radius 3 is 2.36 bits per heavy atom. The molecule has 0 atom stereocenters. The minimum atomic E-state index is -4.36. The van der Waals surface area contributed by atoms with Crippen LogP contribution >= 0.6 is 0 Å². The van der Waals surface area contributed by atoms with Crippen molar-refractivity contribution in [1.82, 2.24) is 0 Å². The molecule has 1 aliphatic rings. The molecule has 6 nitrogen and oxygen atoms in total. The number of carbonyl (C=O) groups excluding carboxylic acids is 1. The summed E-state index contributed by atoms with van der Waals surface area (Å²) >= 11 is 0. The Labute approximate surface area is 102 Å². The van der Waals surface area contributed by atoms with Gasteiger partial charge in [-0.2, -0.15) is 13.2 Å². The quantitative estimate of drug-likeness (QED) is 0.201. The van der Waals surface area contributed by atoms with Crippen LogP contribution in [0.3, 0.4) is 0 Å². The van der Waals surface area contributed by atoms with Crippen molar-refractivity contribution in [3.8, 4) is 0 Å². The number of ketones is 1. The summed E-state index contributed by atoms with van der Waals surface area (Å²) in [4.78, 5) is 12.9. The van der Waals surface area contributed by atoms with Crippen LogP contribution in [0.15, 0.2) is 23.1 Å². The standard InChI is InChI=1S/C6H4N2O4S.Na.H/c7-8-5-3-4(13(10,11)12)1-2-6(5)9;;/h1-3H,(H,10,11,12);;. The molecule has 70 valence electrons. The molecule has 0 spiro atoms. The van der Waals surface area contributed by atoms with Gasteiger partial charge in [0.15, 0.2) is 0 Å². The fraction of sp³-hybridized carbons (Fsp3) is 0. The molecule has 0 saturated carbocycles. The second kappa shape index (κ2) is 4.79. The number of hydrogen-bond acceptors (Lipinski definition) is 3. The molecule has 0 saturated heterocycles. The van der Waals surface area contributed by atoms with Crippen LogP contribution in [0.5, 0.6) is 0 Å². The van der Waals surface area contributed by atoms with Crippen molar-refractivity contribution in [3.05, 3.63) is 28.7 Å². The van der Waals surface area contributed by atoms with E-state index in [0.717, 1.165) is 18.2 Å². The molecule has 1 rings (SSSR count). The number of carbonyl (C=O) groups is 1. The van der Waals surface area contributed by atoms with Gasteiger partial charge >= 0.3 is 35.3 Å². The van der Waals surface area contributed by atoms with Crippen molar-refractivity contribution in [2.24, 2.45) is 0 Å². The molecule has 0 radical (unpaired) electrons. The Bertz CT molecular complexity index is 470. The molecule has 14 heavy (non-hydrogen) atoms. The van der Waals surface area contributed by atoms with Gasteiger partial charge < -0.3 is 5.53 Å². The summed E-state index contributed by atoms with van der Waals surface area (Å²) in [7, 11) is -4.36. The summed E-state index contributed by atoms with van der Waals surface area (Å²) in [6, 6.07) is 0. The molecular weight excluding hydrogens is 219 g/mol. The van der Waals surface area contributed by atoms with Gasteiger partial charge in [-0.05, 0) is 12.2 Å². The summed E-state index contributed by atoms with van der Waals surface area (Å²) in [5, 5.41) is 0. The SMILES string of the molecule is [N-]=[N+]=C1C=C(S(=O)(=O)O)C=CC1=O.[NaH]. The van der Waals surface area contributed by atoms with E-state index in [9.17, 15) is 13.2 Å². The molecule has 0 amide bonds. The first-order valence-electron chi connectivity index (χ1n) is 3.09. The summed E-state index contributed by atoms with van der Waals surface area (Å²) in [6.45, 7) is 0. The molecule has 0 bridgehead atoms. The van der Waals surface area contributed by atoms with Gasteiger partial charge in [0.05, 0.1) is 6.08 Å². The van der Waals surface area contributed by atoms with Crippen LogP contribution < -0.4 is 0 Å². The minimum absolute atomic E-state index is 0. The maximum atomic E-state index is 10.8. The molecule has 0 aromatic heterocycles. The van der Waals surface area contributed by atoms with Gasteiger partial charge in [-0.15, -0.1) is 0 Å². The van der Waals surface area contributed by atoms with E-state index in [1.165, 1.54) is 0 Å². The van der Waals surface area contributed by atoms with Gasteiger partial charge in [-0.1, -0.05) is 0 Å². The molecule has 8 heteroatoms. The van der Waals surface area contributed by atoms with E-state index in [2.05, 4.69) is 4.79 Å². The monoisotopic (exact) mass is 224 g/mol. The Morgan fingerprint density at radius 2 is 1.93 bits per heavy atom. The van der Waals surface area contributed by atoms with E-state index in [-0.39, 0.29) is 29.6 Å². The van der Waals surface area contributed by atoms with Crippen molar-refractivity contribution in [2.75, 3.05) is 0 Å². The molecule has 1 aliphatic carbocycles. The van der Waals surface area contributed by atoms with E-state index in [1.54, 1.807) is 0 Å². The predicted octanol–water partition coefficient (Wildman–Crippen LogP) is -1.08. The molecule has 0 aromatic rings. The van der Waals surface area contributed by atoms with Crippen molar-refractivity contribution < 1.29 is 22.6 Å². The van der Waals surface area contributed by atoms with Crippen LogP contribution in [0, 0.1) is 0 Å². The zero-order chi connectivity index (χ0) is 10.1. The van der Waals surface area contributed by atoms with Crippen LogP contribution in [-0.2, 0) is 14.9 Å². The first-order valence-corrected chi connectivity index (χ1v) is 4.53. The van der Waals surface area contributed by atoms with Gasteiger partial charge in [0.25, 0.3) is 15.9 Å².